The summed E-state index contributed by atoms with van der Waals surface area (Å²) in [5, 5.41) is 8.49. The first-order valence-corrected chi connectivity index (χ1v) is 35.6. The standard InChI is InChI=1S/C98H58N4O4/c1-4-19-62(20-5-1)81-57-82(100-97(99-81)66-21-6-2-7-22-66)63-43-37-59(38-44-63)71-51-53-88-93(78-28-11-14-35-86(78)103-88)91(71)65-47-41-61(42-48-65)73-30-17-31-77-75-50-49-69(56-90(75)106-95(73)77)68-25-16-26-70(55-68)84-58-83(101-98(102-84)67-23-8-3-9-24-67)64-45-39-60(40-46-64)72-52-54-89-94(79-29-12-15-36-87(79)104-89)92(72)80-33-18-32-76-74-27-10-13-34-85(74)105-96(76)80/h1-58H. The zero-order chi connectivity index (χ0) is 69.8. The van der Waals surface area contributed by atoms with Crippen molar-refractivity contribution in [2.45, 2.75) is 0 Å². The highest BCUT2D eigenvalue weighted by Gasteiger charge is 2.25. The predicted molar refractivity (Wildman–Crippen MR) is 432 cm³/mol. The first-order valence-electron chi connectivity index (χ1n) is 35.6. The Morgan fingerprint density at radius 2 is 0.528 bits per heavy atom. The van der Waals surface area contributed by atoms with Gasteiger partial charge in [0.2, 0.25) is 0 Å². The van der Waals surface area contributed by atoms with Crippen molar-refractivity contribution < 1.29 is 17.7 Å². The van der Waals surface area contributed by atoms with Gasteiger partial charge in [-0.15, -0.1) is 0 Å². The largest absolute Gasteiger partial charge is 0.456 e. The summed E-state index contributed by atoms with van der Waals surface area (Å²) in [7, 11) is 0. The average molecular weight is 1360 g/mol. The Morgan fingerprint density at radius 1 is 0.170 bits per heavy atom. The smallest absolute Gasteiger partial charge is 0.160 e. The minimum absolute atomic E-state index is 0.641. The maximum absolute atomic E-state index is 7.01. The molecule has 0 spiro atoms. The van der Waals surface area contributed by atoms with Gasteiger partial charge in [-0.2, -0.15) is 0 Å². The van der Waals surface area contributed by atoms with Crippen LogP contribution in [0.5, 0.6) is 0 Å². The quantitative estimate of drug-likeness (QED) is 0.119. The number of rotatable bonds is 12. The van der Waals surface area contributed by atoms with E-state index in [0.29, 0.717) is 11.6 Å². The Labute approximate surface area is 608 Å². The Hall–Kier alpha value is -14.3. The van der Waals surface area contributed by atoms with Gasteiger partial charge in [0.05, 0.1) is 22.8 Å². The molecule has 0 fully saturated rings. The van der Waals surface area contributed by atoms with Gasteiger partial charge >= 0.3 is 0 Å². The molecule has 494 valence electrons. The fourth-order valence-electron chi connectivity index (χ4n) is 15.7. The van der Waals surface area contributed by atoms with E-state index in [0.717, 1.165) is 211 Å². The molecule has 0 N–H and O–H groups in total. The van der Waals surface area contributed by atoms with Gasteiger partial charge in [0.15, 0.2) is 11.6 Å². The normalized spacial score (nSPS) is 11.8. The van der Waals surface area contributed by atoms with Gasteiger partial charge in [0.25, 0.3) is 0 Å². The average Bonchev–Trinajstić information content (AvgIpc) is 1.44. The van der Waals surface area contributed by atoms with Crippen LogP contribution in [0.2, 0.25) is 0 Å². The van der Waals surface area contributed by atoms with Gasteiger partial charge in [-0.25, -0.2) is 19.9 Å². The van der Waals surface area contributed by atoms with E-state index in [-0.39, 0.29) is 0 Å². The summed E-state index contributed by atoms with van der Waals surface area (Å²) in [5.74, 6) is 1.32. The SMILES string of the molecule is c1ccc(-c2cc(-c3ccc(-c4ccc5oc6ccccc6c5c4-c4ccc(-c5cccc6c5oc5cc(-c7cccc(-c8cc(-c9ccc(-c%10ccc%11oc%12ccccc%12c%11c%10-c%10cccc%11c%10oc%10ccccc%10%11)cc9)nc(-c9ccccc9)n8)c7)ccc56)cc4)cc3)nc(-c3ccccc3)n2)cc1. The second kappa shape index (κ2) is 24.7. The van der Waals surface area contributed by atoms with Crippen molar-refractivity contribution in [2.75, 3.05) is 0 Å². The Bertz CT molecular complexity index is 6980. The molecule has 0 radical (unpaired) electrons. The number of aromatic nitrogens is 4. The van der Waals surface area contributed by atoms with Crippen molar-refractivity contribution >= 4 is 87.8 Å². The lowest BCUT2D eigenvalue weighted by atomic mass is 9.89. The molecule has 0 aliphatic rings. The fraction of sp³-hybridized carbons (Fsp3) is 0. The van der Waals surface area contributed by atoms with Gasteiger partial charge < -0.3 is 17.7 Å². The predicted octanol–water partition coefficient (Wildman–Crippen LogP) is 26.9. The summed E-state index contributed by atoms with van der Waals surface area (Å²) in [4.78, 5) is 20.8. The summed E-state index contributed by atoms with van der Waals surface area (Å²) in [5.41, 5.74) is 28.5. The number of para-hydroxylation sites is 5. The number of hydrogen-bond acceptors (Lipinski definition) is 8. The van der Waals surface area contributed by atoms with Crippen molar-refractivity contribution in [1.82, 2.24) is 19.9 Å². The van der Waals surface area contributed by atoms with E-state index in [2.05, 4.69) is 261 Å². The number of hydrogen-bond donors (Lipinski definition) is 0. The van der Waals surface area contributed by atoms with Crippen LogP contribution in [0.1, 0.15) is 0 Å². The molecule has 0 amide bonds. The third kappa shape index (κ3) is 10.3. The molecule has 0 saturated heterocycles. The summed E-state index contributed by atoms with van der Waals surface area (Å²) in [6, 6.07) is 123. The van der Waals surface area contributed by atoms with E-state index in [1.807, 2.05) is 91.0 Å². The lowest BCUT2D eigenvalue weighted by Crippen LogP contribution is -1.96. The highest BCUT2D eigenvalue weighted by molar-refractivity contribution is 6.21. The van der Waals surface area contributed by atoms with E-state index in [4.69, 9.17) is 37.6 Å². The third-order valence-electron chi connectivity index (χ3n) is 20.8. The van der Waals surface area contributed by atoms with E-state index in [1.165, 1.54) is 0 Å². The molecule has 0 aliphatic heterocycles. The molecule has 0 saturated carbocycles. The van der Waals surface area contributed by atoms with E-state index in [1.54, 1.807) is 0 Å². The molecule has 21 aromatic rings. The Morgan fingerprint density at radius 3 is 1.09 bits per heavy atom. The van der Waals surface area contributed by atoms with E-state index >= 15 is 0 Å². The molecular formula is C98H58N4O4. The molecule has 8 nitrogen and oxygen atoms in total. The van der Waals surface area contributed by atoms with E-state index < -0.39 is 0 Å². The molecule has 21 rings (SSSR count). The molecule has 6 aromatic heterocycles. The number of benzene rings is 15. The second-order valence-corrected chi connectivity index (χ2v) is 27.0. The summed E-state index contributed by atoms with van der Waals surface area (Å²) in [6.07, 6.45) is 0. The summed E-state index contributed by atoms with van der Waals surface area (Å²) in [6.45, 7) is 0. The summed E-state index contributed by atoms with van der Waals surface area (Å²) < 4.78 is 26.8. The van der Waals surface area contributed by atoms with Crippen LogP contribution in [0.25, 0.3) is 222 Å². The van der Waals surface area contributed by atoms with Crippen molar-refractivity contribution in [3.63, 3.8) is 0 Å². The molecule has 0 unspecified atom stereocenters. The lowest BCUT2D eigenvalue weighted by Gasteiger charge is -2.14. The molecule has 0 aliphatic carbocycles. The van der Waals surface area contributed by atoms with Crippen LogP contribution in [-0.2, 0) is 0 Å². The van der Waals surface area contributed by atoms with Crippen LogP contribution in [0.4, 0.5) is 0 Å². The first-order chi connectivity index (χ1) is 52.5. The third-order valence-corrected chi connectivity index (χ3v) is 20.8. The van der Waals surface area contributed by atoms with Gasteiger partial charge in [0, 0.05) is 98.7 Å². The van der Waals surface area contributed by atoms with Crippen molar-refractivity contribution in [1.29, 1.82) is 0 Å². The lowest BCUT2D eigenvalue weighted by molar-refractivity contribution is 0.668. The van der Waals surface area contributed by atoms with Gasteiger partial charge in [0.1, 0.15) is 44.7 Å². The molecule has 0 atom stereocenters. The maximum atomic E-state index is 7.01. The van der Waals surface area contributed by atoms with Crippen molar-refractivity contribution in [2.24, 2.45) is 0 Å². The highest BCUT2D eigenvalue weighted by Crippen LogP contribution is 2.49. The molecule has 0 bridgehead atoms. The minimum atomic E-state index is 0.641. The molecule has 8 heteroatoms. The maximum Gasteiger partial charge on any atom is 0.160 e. The van der Waals surface area contributed by atoms with Crippen LogP contribution < -0.4 is 0 Å². The number of fused-ring (bicyclic) bond motifs is 12. The monoisotopic (exact) mass is 1350 g/mol. The number of nitrogens with zero attached hydrogens (tertiary/aromatic N) is 4. The van der Waals surface area contributed by atoms with Crippen LogP contribution in [0.15, 0.2) is 370 Å². The van der Waals surface area contributed by atoms with Crippen LogP contribution in [0, 0.1) is 0 Å². The number of furan rings is 4. The summed E-state index contributed by atoms with van der Waals surface area (Å²) >= 11 is 0. The van der Waals surface area contributed by atoms with Gasteiger partial charge in [-0.1, -0.05) is 291 Å². The van der Waals surface area contributed by atoms with E-state index in [9.17, 15) is 0 Å². The van der Waals surface area contributed by atoms with Crippen molar-refractivity contribution in [3.8, 4) is 135 Å². The second-order valence-electron chi connectivity index (χ2n) is 27.0. The van der Waals surface area contributed by atoms with Crippen LogP contribution in [-0.4, -0.2) is 19.9 Å². The zero-order valence-electron chi connectivity index (χ0n) is 56.9. The highest BCUT2D eigenvalue weighted by atomic mass is 16.3. The topological polar surface area (TPSA) is 104 Å². The Kier molecular flexibility index (Phi) is 14.1. The minimum Gasteiger partial charge on any atom is -0.456 e. The van der Waals surface area contributed by atoms with Crippen LogP contribution in [0.3, 0.4) is 0 Å². The zero-order valence-corrected chi connectivity index (χ0v) is 56.9. The Balaban J connectivity index is 0.608. The molecular weight excluding hydrogens is 1300 g/mol. The molecule has 15 aromatic carbocycles. The van der Waals surface area contributed by atoms with Gasteiger partial charge in [-0.05, 0) is 105 Å². The van der Waals surface area contributed by atoms with Crippen molar-refractivity contribution in [3.05, 3.63) is 352 Å². The first kappa shape index (κ1) is 60.4. The molecule has 6 heterocycles. The molecule has 106 heavy (non-hydrogen) atoms. The van der Waals surface area contributed by atoms with Gasteiger partial charge in [-0.3, -0.25) is 0 Å². The fourth-order valence-corrected chi connectivity index (χ4v) is 15.7. The van der Waals surface area contributed by atoms with Crippen LogP contribution >= 0.6 is 0 Å².